The molecule has 1 atom stereocenters. The van der Waals surface area contributed by atoms with Crippen LogP contribution in [0.5, 0.6) is 0 Å². The highest BCUT2D eigenvalue weighted by Crippen LogP contribution is 2.29. The molecular formula is C25H31N3O2. The monoisotopic (exact) mass is 405 g/mol. The molecule has 0 spiro atoms. The predicted molar refractivity (Wildman–Crippen MR) is 120 cm³/mol. The molecule has 1 fully saturated rings. The van der Waals surface area contributed by atoms with Gasteiger partial charge in [-0.05, 0) is 79.8 Å². The third-order valence-electron chi connectivity index (χ3n) is 6.47. The van der Waals surface area contributed by atoms with Crippen molar-refractivity contribution in [2.75, 3.05) is 18.4 Å². The maximum Gasteiger partial charge on any atom is 0.319 e. The van der Waals surface area contributed by atoms with Gasteiger partial charge in [-0.25, -0.2) is 4.79 Å². The number of carbonyl (C=O) groups is 2. The highest BCUT2D eigenvalue weighted by Gasteiger charge is 2.23. The van der Waals surface area contributed by atoms with Crippen molar-refractivity contribution >= 4 is 17.6 Å². The Kier molecular flexibility index (Phi) is 6.07. The third kappa shape index (κ3) is 4.50. The van der Waals surface area contributed by atoms with E-state index in [2.05, 4.69) is 35.8 Å². The highest BCUT2D eigenvalue weighted by molar-refractivity contribution is 5.96. The maximum atomic E-state index is 12.8. The SMILES string of the molecule is Cc1cc(C(=O)N2CCC(C)CC2)ccc1NC(=O)NC1CCCc2ccccc21. The maximum absolute atomic E-state index is 12.8. The Morgan fingerprint density at radius 2 is 1.80 bits per heavy atom. The van der Waals surface area contributed by atoms with Crippen LogP contribution in [0.15, 0.2) is 42.5 Å². The lowest BCUT2D eigenvalue weighted by Gasteiger charge is -2.30. The van der Waals surface area contributed by atoms with Gasteiger partial charge in [0.15, 0.2) is 0 Å². The first-order valence-corrected chi connectivity index (χ1v) is 11.1. The van der Waals surface area contributed by atoms with E-state index in [1.165, 1.54) is 11.1 Å². The predicted octanol–water partition coefficient (Wildman–Crippen LogP) is 5.07. The number of benzene rings is 2. The van der Waals surface area contributed by atoms with Gasteiger partial charge in [0.05, 0.1) is 6.04 Å². The zero-order chi connectivity index (χ0) is 21.1. The number of rotatable bonds is 3. The summed E-state index contributed by atoms with van der Waals surface area (Å²) in [4.78, 5) is 27.4. The van der Waals surface area contributed by atoms with E-state index in [4.69, 9.17) is 0 Å². The Morgan fingerprint density at radius 1 is 1.03 bits per heavy atom. The average Bonchev–Trinajstić information content (AvgIpc) is 2.75. The van der Waals surface area contributed by atoms with Gasteiger partial charge in [-0.15, -0.1) is 0 Å². The summed E-state index contributed by atoms with van der Waals surface area (Å²) in [5.41, 5.74) is 4.85. The number of amides is 3. The molecule has 1 saturated heterocycles. The van der Waals surface area contributed by atoms with Crippen LogP contribution in [0, 0.1) is 12.8 Å². The van der Waals surface area contributed by atoms with Crippen LogP contribution in [0.25, 0.3) is 0 Å². The van der Waals surface area contributed by atoms with Gasteiger partial charge in [0.25, 0.3) is 5.91 Å². The van der Waals surface area contributed by atoms with Gasteiger partial charge < -0.3 is 15.5 Å². The summed E-state index contributed by atoms with van der Waals surface area (Å²) in [5.74, 6) is 0.775. The molecule has 1 unspecified atom stereocenters. The molecule has 2 aliphatic rings. The van der Waals surface area contributed by atoms with E-state index in [1.807, 2.05) is 36.1 Å². The third-order valence-corrected chi connectivity index (χ3v) is 6.47. The largest absolute Gasteiger partial charge is 0.339 e. The first-order valence-electron chi connectivity index (χ1n) is 11.1. The van der Waals surface area contributed by atoms with Crippen LogP contribution >= 0.6 is 0 Å². The second-order valence-corrected chi connectivity index (χ2v) is 8.75. The molecule has 1 heterocycles. The van der Waals surface area contributed by atoms with Gasteiger partial charge in [0.2, 0.25) is 0 Å². The lowest BCUT2D eigenvalue weighted by molar-refractivity contribution is 0.0697. The molecule has 3 amide bonds. The van der Waals surface area contributed by atoms with Gasteiger partial charge in [-0.1, -0.05) is 31.2 Å². The van der Waals surface area contributed by atoms with Crippen molar-refractivity contribution in [3.05, 3.63) is 64.7 Å². The molecule has 0 bridgehead atoms. The molecule has 158 valence electrons. The Hall–Kier alpha value is -2.82. The zero-order valence-electron chi connectivity index (χ0n) is 17.9. The summed E-state index contributed by atoms with van der Waals surface area (Å²) in [6.45, 7) is 5.82. The normalized spacial score (nSPS) is 19.1. The topological polar surface area (TPSA) is 61.4 Å². The van der Waals surface area contributed by atoms with Crippen LogP contribution in [0.4, 0.5) is 10.5 Å². The van der Waals surface area contributed by atoms with Gasteiger partial charge >= 0.3 is 6.03 Å². The Labute approximate surface area is 178 Å². The first-order chi connectivity index (χ1) is 14.5. The van der Waals surface area contributed by atoms with Gasteiger partial charge in [0, 0.05) is 24.3 Å². The zero-order valence-corrected chi connectivity index (χ0v) is 17.9. The van der Waals surface area contributed by atoms with E-state index in [1.54, 1.807) is 0 Å². The minimum absolute atomic E-state index is 0.0394. The fourth-order valence-electron chi connectivity index (χ4n) is 4.55. The van der Waals surface area contributed by atoms with E-state index >= 15 is 0 Å². The molecule has 5 nitrogen and oxygen atoms in total. The standard InChI is InChI=1S/C25H31N3O2/c1-17-12-14-28(15-13-17)24(29)20-10-11-22(18(2)16-20)26-25(30)27-23-9-5-7-19-6-3-4-8-21(19)23/h3-4,6,8,10-11,16-17,23H,5,7,9,12-15H2,1-2H3,(H2,26,27,30). The van der Waals surface area contributed by atoms with Crippen LogP contribution in [0.2, 0.25) is 0 Å². The van der Waals surface area contributed by atoms with Crippen molar-refractivity contribution in [3.63, 3.8) is 0 Å². The van der Waals surface area contributed by atoms with Crippen LogP contribution in [-0.4, -0.2) is 29.9 Å². The fraction of sp³-hybridized carbons (Fsp3) is 0.440. The summed E-state index contributed by atoms with van der Waals surface area (Å²) in [6, 6.07) is 13.7. The smallest absolute Gasteiger partial charge is 0.319 e. The van der Waals surface area contributed by atoms with Gasteiger partial charge in [-0.3, -0.25) is 4.79 Å². The Morgan fingerprint density at radius 3 is 2.57 bits per heavy atom. The molecule has 1 aliphatic heterocycles. The van der Waals surface area contributed by atoms with E-state index < -0.39 is 0 Å². The molecule has 30 heavy (non-hydrogen) atoms. The molecular weight excluding hydrogens is 374 g/mol. The van der Waals surface area contributed by atoms with Gasteiger partial charge in [0.1, 0.15) is 0 Å². The average molecular weight is 406 g/mol. The van der Waals surface area contributed by atoms with Crippen LogP contribution in [-0.2, 0) is 6.42 Å². The van der Waals surface area contributed by atoms with E-state index in [0.29, 0.717) is 11.5 Å². The number of hydrogen-bond donors (Lipinski definition) is 2. The highest BCUT2D eigenvalue weighted by atomic mass is 16.2. The Bertz CT molecular complexity index is 932. The molecule has 5 heteroatoms. The lowest BCUT2D eigenvalue weighted by atomic mass is 9.88. The van der Waals surface area contributed by atoms with E-state index in [-0.39, 0.29) is 18.0 Å². The number of likely N-dealkylation sites (tertiary alicyclic amines) is 1. The molecule has 0 aromatic heterocycles. The number of nitrogens with zero attached hydrogens (tertiary/aromatic N) is 1. The number of fused-ring (bicyclic) bond motifs is 1. The van der Waals surface area contributed by atoms with Crippen molar-refractivity contribution < 1.29 is 9.59 Å². The quantitative estimate of drug-likeness (QED) is 0.749. The van der Waals surface area contributed by atoms with Crippen molar-refractivity contribution in [3.8, 4) is 0 Å². The lowest BCUT2D eigenvalue weighted by Crippen LogP contribution is -2.38. The molecule has 2 aromatic carbocycles. The molecule has 2 N–H and O–H groups in total. The molecule has 0 radical (unpaired) electrons. The number of carbonyl (C=O) groups excluding carboxylic acids is 2. The number of hydrogen-bond acceptors (Lipinski definition) is 2. The first kappa shape index (κ1) is 20.5. The molecule has 2 aromatic rings. The van der Waals surface area contributed by atoms with E-state index in [0.717, 1.165) is 56.4 Å². The van der Waals surface area contributed by atoms with Crippen LogP contribution in [0.1, 0.15) is 65.7 Å². The second-order valence-electron chi connectivity index (χ2n) is 8.75. The number of nitrogens with one attached hydrogen (secondary N) is 2. The minimum atomic E-state index is -0.205. The van der Waals surface area contributed by atoms with Crippen molar-refractivity contribution in [1.82, 2.24) is 10.2 Å². The van der Waals surface area contributed by atoms with Crippen molar-refractivity contribution in [1.29, 1.82) is 0 Å². The van der Waals surface area contributed by atoms with Gasteiger partial charge in [-0.2, -0.15) is 0 Å². The summed E-state index contributed by atoms with van der Waals surface area (Å²) in [6.07, 6.45) is 5.22. The molecule has 0 saturated carbocycles. The second kappa shape index (κ2) is 8.90. The number of aryl methyl sites for hydroxylation is 2. The number of piperidine rings is 1. The number of anilines is 1. The van der Waals surface area contributed by atoms with Crippen molar-refractivity contribution in [2.45, 2.75) is 52.0 Å². The van der Waals surface area contributed by atoms with Crippen LogP contribution < -0.4 is 10.6 Å². The minimum Gasteiger partial charge on any atom is -0.339 e. The van der Waals surface area contributed by atoms with E-state index in [9.17, 15) is 9.59 Å². The van der Waals surface area contributed by atoms with Crippen LogP contribution in [0.3, 0.4) is 0 Å². The number of urea groups is 1. The van der Waals surface area contributed by atoms with Crippen molar-refractivity contribution in [2.24, 2.45) is 5.92 Å². The molecule has 4 rings (SSSR count). The summed E-state index contributed by atoms with van der Waals surface area (Å²) < 4.78 is 0. The molecule has 1 aliphatic carbocycles. The Balaban J connectivity index is 1.39. The summed E-state index contributed by atoms with van der Waals surface area (Å²) >= 11 is 0. The fourth-order valence-corrected chi connectivity index (χ4v) is 4.55. The summed E-state index contributed by atoms with van der Waals surface area (Å²) in [7, 11) is 0. The summed E-state index contributed by atoms with van der Waals surface area (Å²) in [5, 5.41) is 6.08.